The van der Waals surface area contributed by atoms with Crippen LogP contribution < -0.4 is 4.90 Å². The molecule has 23 heavy (non-hydrogen) atoms. The molecular weight excluding hydrogens is 329 g/mol. The molecule has 0 saturated carbocycles. The van der Waals surface area contributed by atoms with Crippen molar-refractivity contribution >= 4 is 22.0 Å². The molecule has 3 rings (SSSR count). The lowest BCUT2D eigenvalue weighted by Crippen LogP contribution is -2.26. The number of nitrogens with zero attached hydrogens (tertiary/aromatic N) is 2. The molecule has 4 nitrogen and oxygen atoms in total. The molecule has 120 valence electrons. The minimum absolute atomic E-state index is 0.0366. The van der Waals surface area contributed by atoms with Crippen molar-refractivity contribution in [3.8, 4) is 0 Å². The number of benzene rings is 2. The molecule has 0 saturated heterocycles. The number of anilines is 1. The van der Waals surface area contributed by atoms with E-state index in [9.17, 15) is 21.6 Å². The summed E-state index contributed by atoms with van der Waals surface area (Å²) in [4.78, 5) is 1.54. The van der Waals surface area contributed by atoms with Gasteiger partial charge in [0.15, 0.2) is 0 Å². The van der Waals surface area contributed by atoms with Crippen molar-refractivity contribution < 1.29 is 21.6 Å². The van der Waals surface area contributed by atoms with Crippen LogP contribution in [0, 0.1) is 0 Å². The number of hydrogen-bond donors (Lipinski definition) is 0. The summed E-state index contributed by atoms with van der Waals surface area (Å²) in [5.41, 5.74) is 0.0464. The van der Waals surface area contributed by atoms with Gasteiger partial charge < -0.3 is 4.90 Å². The maximum absolute atomic E-state index is 12.8. The van der Waals surface area contributed by atoms with E-state index in [4.69, 9.17) is 0 Å². The molecule has 2 aromatic rings. The number of para-hydroxylation sites is 1. The summed E-state index contributed by atoms with van der Waals surface area (Å²) in [7, 11) is -3.75. The van der Waals surface area contributed by atoms with Gasteiger partial charge in [0.2, 0.25) is 0 Å². The Labute approximate surface area is 130 Å². The monoisotopic (exact) mass is 340 g/mol. The van der Waals surface area contributed by atoms with E-state index in [1.807, 2.05) is 0 Å². The van der Waals surface area contributed by atoms with Gasteiger partial charge in [-0.05, 0) is 29.8 Å². The molecule has 0 N–H and O–H groups in total. The molecule has 0 spiro atoms. The summed E-state index contributed by atoms with van der Waals surface area (Å²) in [6, 6.07) is 11.1. The summed E-state index contributed by atoms with van der Waals surface area (Å²) in [5.74, 6) is 0. The maximum Gasteiger partial charge on any atom is 0.416 e. The third kappa shape index (κ3) is 3.07. The van der Waals surface area contributed by atoms with Gasteiger partial charge in [-0.2, -0.15) is 21.6 Å². The topological polar surface area (TPSA) is 49.7 Å². The predicted molar refractivity (Wildman–Crippen MR) is 79.7 cm³/mol. The average molecular weight is 340 g/mol. The van der Waals surface area contributed by atoms with E-state index in [-0.39, 0.29) is 11.4 Å². The Bertz CT molecular complexity index is 876. The fourth-order valence-corrected chi connectivity index (χ4v) is 3.37. The largest absolute Gasteiger partial charge is 0.416 e. The molecular formula is C15H11F3N2O2S. The number of hydrogen-bond acceptors (Lipinski definition) is 3. The van der Waals surface area contributed by atoms with E-state index >= 15 is 0 Å². The van der Waals surface area contributed by atoms with Gasteiger partial charge >= 0.3 is 6.18 Å². The van der Waals surface area contributed by atoms with E-state index in [0.29, 0.717) is 11.3 Å². The van der Waals surface area contributed by atoms with Crippen molar-refractivity contribution in [3.05, 3.63) is 59.7 Å². The minimum atomic E-state index is -4.42. The Morgan fingerprint density at radius 2 is 1.78 bits per heavy atom. The van der Waals surface area contributed by atoms with Gasteiger partial charge in [0.1, 0.15) is 11.2 Å². The van der Waals surface area contributed by atoms with Gasteiger partial charge in [-0.25, -0.2) is 0 Å². The van der Waals surface area contributed by atoms with E-state index in [2.05, 4.69) is 4.40 Å². The highest BCUT2D eigenvalue weighted by Crippen LogP contribution is 2.32. The van der Waals surface area contributed by atoms with Crippen molar-refractivity contribution in [1.29, 1.82) is 0 Å². The number of halogens is 3. The quantitative estimate of drug-likeness (QED) is 0.841. The number of rotatable bonds is 2. The Hall–Kier alpha value is -2.35. The molecule has 1 aliphatic heterocycles. The van der Waals surface area contributed by atoms with E-state index in [0.717, 1.165) is 18.5 Å². The normalized spacial score (nSPS) is 16.2. The van der Waals surface area contributed by atoms with E-state index < -0.39 is 21.8 Å². The zero-order valence-corrected chi connectivity index (χ0v) is 12.5. The Morgan fingerprint density at radius 1 is 1.04 bits per heavy atom. The van der Waals surface area contributed by atoms with Crippen molar-refractivity contribution in [2.45, 2.75) is 17.6 Å². The molecule has 8 heteroatoms. The molecule has 0 bridgehead atoms. The van der Waals surface area contributed by atoms with Crippen LogP contribution in [0.5, 0.6) is 0 Å². The lowest BCUT2D eigenvalue weighted by Gasteiger charge is -2.25. The highest BCUT2D eigenvalue weighted by molar-refractivity contribution is 7.90. The van der Waals surface area contributed by atoms with Crippen LogP contribution in [0.4, 0.5) is 18.9 Å². The first-order chi connectivity index (χ1) is 10.8. The van der Waals surface area contributed by atoms with Gasteiger partial charge in [0, 0.05) is 6.54 Å². The van der Waals surface area contributed by atoms with Crippen molar-refractivity contribution in [3.63, 3.8) is 0 Å². The first kappa shape index (κ1) is 15.5. The van der Waals surface area contributed by atoms with Crippen molar-refractivity contribution in [1.82, 2.24) is 0 Å². The van der Waals surface area contributed by atoms with Crippen LogP contribution in [0.25, 0.3) is 0 Å². The molecule has 0 atom stereocenters. The minimum Gasteiger partial charge on any atom is -0.326 e. The number of alkyl halides is 3. The second-order valence-electron chi connectivity index (χ2n) is 4.99. The summed E-state index contributed by atoms with van der Waals surface area (Å²) in [6.07, 6.45) is -3.30. The van der Waals surface area contributed by atoms with E-state index in [1.54, 1.807) is 24.3 Å². The lowest BCUT2D eigenvalue weighted by atomic mass is 10.1. The van der Waals surface area contributed by atoms with Crippen LogP contribution in [-0.2, 0) is 22.7 Å². The zero-order chi connectivity index (χ0) is 16.7. The Balaban J connectivity index is 1.96. The standard InChI is InChI=1S/C15H11F3N2O2S/c16-15(17,18)12-5-3-4-11(8-12)9-20-10-19-23(21,22)14-7-2-1-6-13(14)20/h1-8,10H,9H2. The van der Waals surface area contributed by atoms with Gasteiger partial charge in [-0.15, -0.1) is 4.40 Å². The van der Waals surface area contributed by atoms with E-state index in [1.165, 1.54) is 17.0 Å². The third-order valence-corrected chi connectivity index (χ3v) is 4.66. The third-order valence-electron chi connectivity index (χ3n) is 3.39. The number of fused-ring (bicyclic) bond motifs is 1. The molecule has 2 aromatic carbocycles. The second kappa shape index (κ2) is 5.38. The molecule has 0 amide bonds. The molecule has 0 unspecified atom stereocenters. The molecule has 1 aliphatic rings. The summed E-state index contributed by atoms with van der Waals surface area (Å²) < 4.78 is 65.6. The summed E-state index contributed by atoms with van der Waals surface area (Å²) in [5, 5.41) is 0. The van der Waals surface area contributed by atoms with Crippen LogP contribution in [-0.4, -0.2) is 14.8 Å². The fourth-order valence-electron chi connectivity index (χ4n) is 2.32. The number of sulfonamides is 1. The Morgan fingerprint density at radius 3 is 2.52 bits per heavy atom. The van der Waals surface area contributed by atoms with Crippen molar-refractivity contribution in [2.24, 2.45) is 4.40 Å². The van der Waals surface area contributed by atoms with Gasteiger partial charge in [-0.1, -0.05) is 24.3 Å². The van der Waals surface area contributed by atoms with Crippen LogP contribution in [0.2, 0.25) is 0 Å². The van der Waals surface area contributed by atoms with Gasteiger partial charge in [0.25, 0.3) is 10.0 Å². The molecule has 0 aromatic heterocycles. The second-order valence-corrected chi connectivity index (χ2v) is 6.59. The van der Waals surface area contributed by atoms with Crippen LogP contribution in [0.1, 0.15) is 11.1 Å². The van der Waals surface area contributed by atoms with Crippen LogP contribution in [0.3, 0.4) is 0 Å². The predicted octanol–water partition coefficient (Wildman–Crippen LogP) is 3.44. The first-order valence-electron chi connectivity index (χ1n) is 6.60. The smallest absolute Gasteiger partial charge is 0.326 e. The fraction of sp³-hybridized carbons (Fsp3) is 0.133. The molecule has 0 aliphatic carbocycles. The molecule has 0 radical (unpaired) electrons. The highest BCUT2D eigenvalue weighted by atomic mass is 32.2. The summed E-state index contributed by atoms with van der Waals surface area (Å²) in [6.45, 7) is 0.0833. The SMILES string of the molecule is O=S1(=O)N=CN(Cc2cccc(C(F)(F)F)c2)c2ccccc21. The highest BCUT2D eigenvalue weighted by Gasteiger charge is 2.31. The summed E-state index contributed by atoms with van der Waals surface area (Å²) >= 11 is 0. The van der Waals surface area contributed by atoms with Gasteiger partial charge in [-0.3, -0.25) is 0 Å². The lowest BCUT2D eigenvalue weighted by molar-refractivity contribution is -0.137. The first-order valence-corrected chi connectivity index (χ1v) is 8.04. The molecule has 1 heterocycles. The molecule has 0 fully saturated rings. The van der Waals surface area contributed by atoms with Gasteiger partial charge in [0.05, 0.1) is 11.3 Å². The maximum atomic E-state index is 12.8. The Kier molecular flexibility index (Phi) is 3.63. The van der Waals surface area contributed by atoms with Crippen LogP contribution >= 0.6 is 0 Å². The zero-order valence-electron chi connectivity index (χ0n) is 11.7. The van der Waals surface area contributed by atoms with Crippen LogP contribution in [0.15, 0.2) is 57.8 Å². The van der Waals surface area contributed by atoms with Crippen molar-refractivity contribution in [2.75, 3.05) is 4.90 Å². The average Bonchev–Trinajstić information content (AvgIpc) is 2.50.